The van der Waals surface area contributed by atoms with E-state index < -0.39 is 23.2 Å². The standard InChI is InChI=1S/C27H20Cl2FN3O3/c1-14-2-5-17(30)12-18(14)25-27(20-6-3-16(29)11-22(20)32-26(27)35)21(13-24(34)33-25)19-10-15(28)4-7-23(19)36-9-8-31/h2-7,10-12,21,25H,9,13H2,1H3,(H,32,35)(H,33,34)/t21-,25+,27-/m0/s1. The monoisotopic (exact) mass is 523 g/mol. The fourth-order valence-corrected chi connectivity index (χ4v) is 5.83. The van der Waals surface area contributed by atoms with E-state index in [1.807, 2.05) is 6.07 Å². The maximum absolute atomic E-state index is 14.5. The van der Waals surface area contributed by atoms with Gasteiger partial charge in [0.15, 0.2) is 6.61 Å². The van der Waals surface area contributed by atoms with Gasteiger partial charge >= 0.3 is 0 Å². The first-order chi connectivity index (χ1) is 17.2. The molecule has 2 heterocycles. The molecule has 0 aliphatic carbocycles. The molecule has 3 aromatic rings. The molecule has 6 nitrogen and oxygen atoms in total. The first-order valence-corrected chi connectivity index (χ1v) is 12.0. The molecule has 1 saturated heterocycles. The van der Waals surface area contributed by atoms with E-state index >= 15 is 0 Å². The van der Waals surface area contributed by atoms with Gasteiger partial charge in [0.1, 0.15) is 23.1 Å². The molecule has 2 amide bonds. The van der Waals surface area contributed by atoms with Crippen LogP contribution < -0.4 is 15.4 Å². The highest BCUT2D eigenvalue weighted by atomic mass is 35.5. The lowest BCUT2D eigenvalue weighted by Gasteiger charge is -2.47. The molecule has 2 aliphatic heterocycles. The number of nitrogens with zero attached hydrogens (tertiary/aromatic N) is 1. The zero-order valence-electron chi connectivity index (χ0n) is 19.1. The van der Waals surface area contributed by atoms with Gasteiger partial charge in [-0.2, -0.15) is 5.26 Å². The smallest absolute Gasteiger partial charge is 0.238 e. The lowest BCUT2D eigenvalue weighted by molar-refractivity contribution is -0.131. The van der Waals surface area contributed by atoms with Crippen LogP contribution in [0.15, 0.2) is 54.6 Å². The number of halogens is 3. The quantitative estimate of drug-likeness (QED) is 0.467. The number of rotatable bonds is 4. The lowest BCUT2D eigenvalue weighted by atomic mass is 9.59. The number of piperidine rings is 1. The maximum atomic E-state index is 14.5. The Balaban J connectivity index is 1.83. The minimum atomic E-state index is -1.39. The molecule has 36 heavy (non-hydrogen) atoms. The summed E-state index contributed by atoms with van der Waals surface area (Å²) >= 11 is 12.6. The molecule has 3 atom stereocenters. The van der Waals surface area contributed by atoms with Crippen molar-refractivity contribution in [3.8, 4) is 11.8 Å². The number of carbonyl (C=O) groups is 2. The van der Waals surface area contributed by atoms with E-state index in [-0.39, 0.29) is 24.8 Å². The molecule has 0 aromatic heterocycles. The molecule has 0 unspecified atom stereocenters. The van der Waals surface area contributed by atoms with Crippen LogP contribution in [0.1, 0.15) is 40.6 Å². The number of carbonyl (C=O) groups excluding carboxylic acids is 2. The van der Waals surface area contributed by atoms with Gasteiger partial charge in [-0.25, -0.2) is 4.39 Å². The number of nitrogens with one attached hydrogen (secondary N) is 2. The topological polar surface area (TPSA) is 91.2 Å². The van der Waals surface area contributed by atoms with Gasteiger partial charge in [0.05, 0.1) is 6.04 Å². The van der Waals surface area contributed by atoms with Gasteiger partial charge in [0.25, 0.3) is 0 Å². The Hall–Kier alpha value is -3.60. The molecule has 5 rings (SSSR count). The van der Waals surface area contributed by atoms with Crippen LogP contribution in [0, 0.1) is 24.1 Å². The zero-order chi connectivity index (χ0) is 25.6. The van der Waals surface area contributed by atoms with Crippen molar-refractivity contribution in [2.75, 3.05) is 11.9 Å². The van der Waals surface area contributed by atoms with Crippen LogP contribution in [-0.4, -0.2) is 18.4 Å². The lowest BCUT2D eigenvalue weighted by Crippen LogP contribution is -2.57. The first-order valence-electron chi connectivity index (χ1n) is 11.2. The average molecular weight is 524 g/mol. The Bertz CT molecular complexity index is 1450. The molecule has 3 aromatic carbocycles. The molecule has 2 aliphatic rings. The minimum Gasteiger partial charge on any atom is -0.478 e. The van der Waals surface area contributed by atoms with Crippen LogP contribution in [-0.2, 0) is 15.0 Å². The van der Waals surface area contributed by atoms with Crippen LogP contribution in [0.4, 0.5) is 10.1 Å². The van der Waals surface area contributed by atoms with Crippen molar-refractivity contribution in [1.82, 2.24) is 5.32 Å². The summed E-state index contributed by atoms with van der Waals surface area (Å²) in [6, 6.07) is 15.3. The van der Waals surface area contributed by atoms with Crippen LogP contribution in [0.5, 0.6) is 5.75 Å². The Morgan fingerprint density at radius 1 is 1.08 bits per heavy atom. The van der Waals surface area contributed by atoms with E-state index in [1.54, 1.807) is 49.4 Å². The van der Waals surface area contributed by atoms with E-state index in [4.69, 9.17) is 33.2 Å². The zero-order valence-corrected chi connectivity index (χ0v) is 20.6. The van der Waals surface area contributed by atoms with Gasteiger partial charge < -0.3 is 15.4 Å². The second kappa shape index (κ2) is 9.12. The molecule has 0 radical (unpaired) electrons. The van der Waals surface area contributed by atoms with Gasteiger partial charge in [-0.1, -0.05) is 35.3 Å². The number of anilines is 1. The molecule has 0 saturated carbocycles. The fraction of sp³-hybridized carbons (Fsp3) is 0.222. The third kappa shape index (κ3) is 3.78. The summed E-state index contributed by atoms with van der Waals surface area (Å²) in [6.45, 7) is 1.57. The van der Waals surface area contributed by atoms with Crippen molar-refractivity contribution >= 4 is 40.7 Å². The molecule has 1 spiro atoms. The largest absolute Gasteiger partial charge is 0.478 e. The molecular formula is C27H20Cl2FN3O3. The molecule has 0 bridgehead atoms. The number of benzene rings is 3. The van der Waals surface area contributed by atoms with Crippen molar-refractivity contribution in [2.45, 2.75) is 30.7 Å². The molecule has 182 valence electrons. The van der Waals surface area contributed by atoms with Crippen molar-refractivity contribution in [1.29, 1.82) is 5.26 Å². The van der Waals surface area contributed by atoms with E-state index in [0.717, 1.165) is 0 Å². The maximum Gasteiger partial charge on any atom is 0.238 e. The number of hydrogen-bond acceptors (Lipinski definition) is 4. The van der Waals surface area contributed by atoms with Gasteiger partial charge in [-0.15, -0.1) is 0 Å². The average Bonchev–Trinajstić information content (AvgIpc) is 3.12. The Kier molecular flexibility index (Phi) is 6.11. The second-order valence-corrected chi connectivity index (χ2v) is 9.77. The first kappa shape index (κ1) is 24.1. The Morgan fingerprint density at radius 3 is 2.61 bits per heavy atom. The second-order valence-electron chi connectivity index (χ2n) is 8.90. The van der Waals surface area contributed by atoms with Crippen molar-refractivity contribution in [3.63, 3.8) is 0 Å². The van der Waals surface area contributed by atoms with Crippen LogP contribution in [0.2, 0.25) is 10.0 Å². The van der Waals surface area contributed by atoms with E-state index in [2.05, 4.69) is 10.6 Å². The van der Waals surface area contributed by atoms with E-state index in [0.29, 0.717) is 43.7 Å². The highest BCUT2D eigenvalue weighted by molar-refractivity contribution is 6.31. The number of amides is 2. The normalized spacial score (nSPS) is 22.5. The third-order valence-electron chi connectivity index (χ3n) is 6.94. The third-order valence-corrected chi connectivity index (χ3v) is 7.41. The fourth-order valence-electron chi connectivity index (χ4n) is 5.48. The number of hydrogen-bond donors (Lipinski definition) is 2. The SMILES string of the molecule is Cc1ccc(F)cc1[C@H]1NC(=O)C[C@@H](c2cc(Cl)ccc2OCC#N)[C@]12C(=O)Nc1cc(Cl)ccc12. The Morgan fingerprint density at radius 2 is 1.83 bits per heavy atom. The summed E-state index contributed by atoms with van der Waals surface area (Å²) in [4.78, 5) is 27.2. The van der Waals surface area contributed by atoms with Gasteiger partial charge in [-0.3, -0.25) is 9.59 Å². The summed E-state index contributed by atoms with van der Waals surface area (Å²) in [5.74, 6) is -1.60. The number of aryl methyl sites for hydroxylation is 1. The minimum absolute atomic E-state index is 0.0659. The highest BCUT2D eigenvalue weighted by Gasteiger charge is 2.61. The van der Waals surface area contributed by atoms with Gasteiger partial charge in [0, 0.05) is 33.6 Å². The van der Waals surface area contributed by atoms with E-state index in [9.17, 15) is 14.0 Å². The van der Waals surface area contributed by atoms with Crippen LogP contribution in [0.25, 0.3) is 0 Å². The molecule has 1 fully saturated rings. The van der Waals surface area contributed by atoms with Crippen molar-refractivity contribution < 1.29 is 18.7 Å². The molecule has 9 heteroatoms. The molecular weight excluding hydrogens is 504 g/mol. The number of fused-ring (bicyclic) bond motifs is 2. The number of ether oxygens (including phenoxy) is 1. The van der Waals surface area contributed by atoms with Crippen molar-refractivity contribution in [2.24, 2.45) is 0 Å². The summed E-state index contributed by atoms with van der Waals surface area (Å²) in [5, 5.41) is 15.8. The highest BCUT2D eigenvalue weighted by Crippen LogP contribution is 2.59. The summed E-state index contributed by atoms with van der Waals surface area (Å²) < 4.78 is 20.2. The predicted molar refractivity (Wildman–Crippen MR) is 134 cm³/mol. The summed E-state index contributed by atoms with van der Waals surface area (Å²) in [7, 11) is 0. The van der Waals surface area contributed by atoms with Crippen LogP contribution in [0.3, 0.4) is 0 Å². The number of nitriles is 1. The molecule has 2 N–H and O–H groups in total. The van der Waals surface area contributed by atoms with E-state index in [1.165, 1.54) is 12.1 Å². The van der Waals surface area contributed by atoms with Gasteiger partial charge in [-0.05, 0) is 66.1 Å². The predicted octanol–water partition coefficient (Wildman–Crippen LogP) is 5.58. The Labute approximate surface area is 217 Å². The van der Waals surface area contributed by atoms with Crippen LogP contribution >= 0.6 is 23.2 Å². The van der Waals surface area contributed by atoms with Crippen molar-refractivity contribution in [3.05, 3.63) is 92.7 Å². The summed E-state index contributed by atoms with van der Waals surface area (Å²) in [6.07, 6.45) is -0.0659. The van der Waals surface area contributed by atoms with Gasteiger partial charge in [0.2, 0.25) is 11.8 Å². The summed E-state index contributed by atoms with van der Waals surface area (Å²) in [5.41, 5.74) is 1.43.